The van der Waals surface area contributed by atoms with Crippen molar-refractivity contribution in [3.05, 3.63) is 58.3 Å². The Labute approximate surface area is 120 Å². The Hall–Kier alpha value is -1.39. The van der Waals surface area contributed by atoms with Crippen LogP contribution in [-0.2, 0) is 0 Å². The van der Waals surface area contributed by atoms with Gasteiger partial charge in [0.2, 0.25) is 0 Å². The molecule has 2 aromatic rings. The van der Waals surface area contributed by atoms with E-state index in [4.69, 9.17) is 4.74 Å². The molecule has 0 amide bonds. The Morgan fingerprint density at radius 3 is 2.58 bits per heavy atom. The second-order valence-corrected chi connectivity index (χ2v) is 5.14. The highest BCUT2D eigenvalue weighted by atomic mass is 79.9. The highest BCUT2D eigenvalue weighted by molar-refractivity contribution is 9.10. The van der Waals surface area contributed by atoms with Crippen molar-refractivity contribution in [1.82, 2.24) is 5.32 Å². The molecule has 0 heterocycles. The summed E-state index contributed by atoms with van der Waals surface area (Å²) in [6, 6.07) is 12.2. The van der Waals surface area contributed by atoms with Crippen molar-refractivity contribution in [3.63, 3.8) is 0 Å². The molecule has 1 N–H and O–H groups in total. The van der Waals surface area contributed by atoms with Crippen LogP contribution in [0, 0.1) is 5.82 Å². The molecule has 19 heavy (non-hydrogen) atoms. The zero-order valence-electron chi connectivity index (χ0n) is 10.8. The first kappa shape index (κ1) is 14.0. The first-order chi connectivity index (χ1) is 9.11. The number of rotatable bonds is 4. The molecule has 0 aliphatic heterocycles. The molecular formula is C15H15BrFNO. The summed E-state index contributed by atoms with van der Waals surface area (Å²) in [5, 5.41) is 3.15. The van der Waals surface area contributed by atoms with Crippen molar-refractivity contribution in [1.29, 1.82) is 0 Å². The molecule has 1 atom stereocenters. The van der Waals surface area contributed by atoms with Gasteiger partial charge in [0.25, 0.3) is 0 Å². The summed E-state index contributed by atoms with van der Waals surface area (Å²) in [7, 11) is 1.87. The Morgan fingerprint density at radius 1 is 1.16 bits per heavy atom. The lowest BCUT2D eigenvalue weighted by atomic mass is 10.1. The van der Waals surface area contributed by atoms with Crippen molar-refractivity contribution >= 4 is 15.9 Å². The van der Waals surface area contributed by atoms with Crippen molar-refractivity contribution in [2.75, 3.05) is 7.05 Å². The van der Waals surface area contributed by atoms with Crippen LogP contribution in [0.2, 0.25) is 0 Å². The Kier molecular flexibility index (Phi) is 4.56. The third-order valence-corrected chi connectivity index (χ3v) is 3.42. The monoisotopic (exact) mass is 323 g/mol. The van der Waals surface area contributed by atoms with E-state index in [9.17, 15) is 4.39 Å². The lowest BCUT2D eigenvalue weighted by molar-refractivity contribution is 0.431. The van der Waals surface area contributed by atoms with Gasteiger partial charge in [-0.3, -0.25) is 0 Å². The molecule has 0 aromatic heterocycles. The fraction of sp³-hybridized carbons (Fsp3) is 0.200. The molecule has 4 heteroatoms. The highest BCUT2D eigenvalue weighted by Gasteiger charge is 2.13. The molecule has 0 aliphatic carbocycles. The highest BCUT2D eigenvalue weighted by Crippen LogP contribution is 2.33. The zero-order valence-corrected chi connectivity index (χ0v) is 12.4. The number of hydrogen-bond acceptors (Lipinski definition) is 2. The molecule has 2 aromatic carbocycles. The Morgan fingerprint density at radius 2 is 1.89 bits per heavy atom. The summed E-state index contributed by atoms with van der Waals surface area (Å²) in [5.74, 6) is 0.497. The molecule has 0 saturated heterocycles. The van der Waals surface area contributed by atoms with Crippen LogP contribution in [0.5, 0.6) is 11.5 Å². The van der Waals surface area contributed by atoms with Crippen LogP contribution < -0.4 is 10.1 Å². The molecule has 0 bridgehead atoms. The third kappa shape index (κ3) is 3.33. The maximum absolute atomic E-state index is 13.6. The van der Waals surface area contributed by atoms with E-state index in [-0.39, 0.29) is 17.6 Å². The largest absolute Gasteiger partial charge is 0.454 e. The normalized spacial score (nSPS) is 12.2. The first-order valence-corrected chi connectivity index (χ1v) is 6.80. The van der Waals surface area contributed by atoms with E-state index in [2.05, 4.69) is 21.2 Å². The van der Waals surface area contributed by atoms with E-state index in [1.54, 1.807) is 18.2 Å². The van der Waals surface area contributed by atoms with E-state index in [1.807, 2.05) is 32.2 Å². The Balaban J connectivity index is 2.38. The molecule has 100 valence electrons. The van der Waals surface area contributed by atoms with Crippen molar-refractivity contribution < 1.29 is 9.13 Å². The molecule has 1 unspecified atom stereocenters. The fourth-order valence-electron chi connectivity index (χ4n) is 1.76. The van der Waals surface area contributed by atoms with Crippen LogP contribution in [-0.4, -0.2) is 7.05 Å². The fourth-order valence-corrected chi connectivity index (χ4v) is 2.10. The van der Waals surface area contributed by atoms with Gasteiger partial charge in [-0.15, -0.1) is 0 Å². The van der Waals surface area contributed by atoms with E-state index < -0.39 is 0 Å². The Bertz CT molecular complexity index is 574. The minimum atomic E-state index is -0.370. The van der Waals surface area contributed by atoms with Crippen molar-refractivity contribution in [2.45, 2.75) is 13.0 Å². The van der Waals surface area contributed by atoms with E-state index in [1.165, 1.54) is 6.07 Å². The molecule has 0 saturated carbocycles. The average Bonchev–Trinajstić information content (AvgIpc) is 2.41. The summed E-state index contributed by atoms with van der Waals surface area (Å²) < 4.78 is 20.2. The minimum Gasteiger partial charge on any atom is -0.454 e. The van der Waals surface area contributed by atoms with Crippen LogP contribution in [0.25, 0.3) is 0 Å². The van der Waals surface area contributed by atoms with Gasteiger partial charge in [0.15, 0.2) is 11.6 Å². The first-order valence-electron chi connectivity index (χ1n) is 6.01. The number of para-hydroxylation sites is 1. The maximum atomic E-state index is 13.6. The predicted molar refractivity (Wildman–Crippen MR) is 78.1 cm³/mol. The predicted octanol–water partition coefficient (Wildman–Crippen LogP) is 4.66. The van der Waals surface area contributed by atoms with Gasteiger partial charge < -0.3 is 10.1 Å². The summed E-state index contributed by atoms with van der Waals surface area (Å²) in [6.45, 7) is 2.03. The molecule has 0 fully saturated rings. The summed E-state index contributed by atoms with van der Waals surface area (Å²) in [6.07, 6.45) is 0. The van der Waals surface area contributed by atoms with Gasteiger partial charge in [-0.1, -0.05) is 34.1 Å². The van der Waals surface area contributed by atoms with Gasteiger partial charge in [-0.2, -0.15) is 0 Å². The van der Waals surface area contributed by atoms with Gasteiger partial charge >= 0.3 is 0 Å². The zero-order chi connectivity index (χ0) is 13.8. The molecule has 0 radical (unpaired) electrons. The summed E-state index contributed by atoms with van der Waals surface area (Å²) in [5.41, 5.74) is 0.981. The number of halogens is 2. The van der Waals surface area contributed by atoms with Crippen LogP contribution in [0.1, 0.15) is 18.5 Å². The summed E-state index contributed by atoms with van der Waals surface area (Å²) in [4.78, 5) is 0. The number of ether oxygens (including phenoxy) is 1. The quantitative estimate of drug-likeness (QED) is 0.883. The number of hydrogen-bond donors (Lipinski definition) is 1. The lowest BCUT2D eigenvalue weighted by Gasteiger charge is -2.17. The molecule has 0 aliphatic rings. The summed E-state index contributed by atoms with van der Waals surface area (Å²) >= 11 is 3.41. The maximum Gasteiger partial charge on any atom is 0.165 e. The number of benzene rings is 2. The van der Waals surface area contributed by atoms with E-state index in [0.717, 1.165) is 10.0 Å². The number of nitrogens with one attached hydrogen (secondary N) is 1. The van der Waals surface area contributed by atoms with Gasteiger partial charge in [-0.25, -0.2) is 4.39 Å². The van der Waals surface area contributed by atoms with Gasteiger partial charge in [0.05, 0.1) is 0 Å². The van der Waals surface area contributed by atoms with Crippen LogP contribution >= 0.6 is 15.9 Å². The topological polar surface area (TPSA) is 21.3 Å². The molecule has 2 nitrogen and oxygen atoms in total. The van der Waals surface area contributed by atoms with Gasteiger partial charge in [0.1, 0.15) is 5.75 Å². The second kappa shape index (κ2) is 6.17. The second-order valence-electron chi connectivity index (χ2n) is 4.22. The van der Waals surface area contributed by atoms with E-state index in [0.29, 0.717) is 5.75 Å². The van der Waals surface area contributed by atoms with Crippen LogP contribution in [0.3, 0.4) is 0 Å². The van der Waals surface area contributed by atoms with Crippen LogP contribution in [0.4, 0.5) is 4.39 Å². The van der Waals surface area contributed by atoms with Crippen LogP contribution in [0.15, 0.2) is 46.9 Å². The van der Waals surface area contributed by atoms with Crippen molar-refractivity contribution in [3.8, 4) is 11.5 Å². The smallest absolute Gasteiger partial charge is 0.165 e. The SMILES string of the molecule is CNC(C)c1ccc(Br)cc1Oc1ccccc1F. The molecular weight excluding hydrogens is 309 g/mol. The molecule has 0 spiro atoms. The lowest BCUT2D eigenvalue weighted by Crippen LogP contribution is -2.13. The molecule has 2 rings (SSSR count). The third-order valence-electron chi connectivity index (χ3n) is 2.93. The van der Waals surface area contributed by atoms with Gasteiger partial charge in [0, 0.05) is 16.1 Å². The standard InChI is InChI=1S/C15H15BrFNO/c1-10(18-2)12-8-7-11(16)9-15(12)19-14-6-4-3-5-13(14)17/h3-10,18H,1-2H3. The average molecular weight is 324 g/mol. The van der Waals surface area contributed by atoms with Crippen molar-refractivity contribution in [2.24, 2.45) is 0 Å². The van der Waals surface area contributed by atoms with Gasteiger partial charge in [-0.05, 0) is 38.2 Å². The minimum absolute atomic E-state index is 0.120. The van der Waals surface area contributed by atoms with E-state index >= 15 is 0 Å².